The maximum Gasteiger partial charge on any atom is 0.158 e. The lowest BCUT2D eigenvalue weighted by molar-refractivity contribution is -0.168. The highest BCUT2D eigenvalue weighted by molar-refractivity contribution is 5.78. The van der Waals surface area contributed by atoms with E-state index in [2.05, 4.69) is 43.0 Å². The Morgan fingerprint density at radius 3 is 2.64 bits per heavy atom. The Morgan fingerprint density at radius 2 is 1.86 bits per heavy atom. The zero-order valence-electron chi connectivity index (χ0n) is 12.8. The van der Waals surface area contributed by atoms with Gasteiger partial charge in [-0.15, -0.1) is 0 Å². The maximum absolute atomic E-state index is 5.86. The van der Waals surface area contributed by atoms with Crippen molar-refractivity contribution in [1.82, 2.24) is 0 Å². The molecule has 0 N–H and O–H groups in total. The van der Waals surface area contributed by atoms with Crippen LogP contribution in [-0.2, 0) is 16.1 Å². The summed E-state index contributed by atoms with van der Waals surface area (Å²) in [5, 5.41) is 0. The number of ether oxygens (including phenoxy) is 2. The van der Waals surface area contributed by atoms with E-state index in [9.17, 15) is 0 Å². The van der Waals surface area contributed by atoms with Crippen LogP contribution < -0.4 is 0 Å². The van der Waals surface area contributed by atoms with E-state index in [1.54, 1.807) is 0 Å². The Bertz CT molecular complexity index is 613. The van der Waals surface area contributed by atoms with E-state index >= 15 is 0 Å². The highest BCUT2D eigenvalue weighted by Gasteiger charge is 2.14. The van der Waals surface area contributed by atoms with Crippen molar-refractivity contribution in [3.05, 3.63) is 77.9 Å². The summed E-state index contributed by atoms with van der Waals surface area (Å²) in [4.78, 5) is 0. The van der Waals surface area contributed by atoms with Crippen LogP contribution in [0.25, 0.3) is 5.57 Å². The first kappa shape index (κ1) is 15.0. The van der Waals surface area contributed by atoms with Crippen LogP contribution >= 0.6 is 0 Å². The van der Waals surface area contributed by atoms with Gasteiger partial charge in [-0.1, -0.05) is 55.1 Å². The second-order valence-corrected chi connectivity index (χ2v) is 5.65. The third-order valence-corrected chi connectivity index (χ3v) is 3.97. The van der Waals surface area contributed by atoms with E-state index in [1.807, 2.05) is 18.2 Å². The van der Waals surface area contributed by atoms with E-state index in [0.29, 0.717) is 6.61 Å². The number of hydrogen-bond acceptors (Lipinski definition) is 2. The first-order valence-corrected chi connectivity index (χ1v) is 7.90. The average Bonchev–Trinajstić information content (AvgIpc) is 2.61. The molecule has 0 bridgehead atoms. The van der Waals surface area contributed by atoms with Crippen molar-refractivity contribution in [3.63, 3.8) is 0 Å². The monoisotopic (exact) mass is 294 g/mol. The number of hydrogen-bond donors (Lipinski definition) is 0. The van der Waals surface area contributed by atoms with Gasteiger partial charge < -0.3 is 9.47 Å². The van der Waals surface area contributed by atoms with Crippen LogP contribution in [0.2, 0.25) is 0 Å². The Morgan fingerprint density at radius 1 is 1.05 bits per heavy atom. The van der Waals surface area contributed by atoms with Crippen LogP contribution in [0.3, 0.4) is 0 Å². The van der Waals surface area contributed by atoms with Crippen molar-refractivity contribution < 1.29 is 9.47 Å². The van der Waals surface area contributed by atoms with E-state index < -0.39 is 0 Å². The minimum Gasteiger partial charge on any atom is -0.353 e. The molecule has 1 saturated heterocycles. The fourth-order valence-corrected chi connectivity index (χ4v) is 2.69. The van der Waals surface area contributed by atoms with Gasteiger partial charge in [-0.05, 0) is 47.6 Å². The summed E-state index contributed by atoms with van der Waals surface area (Å²) in [6.07, 6.45) is 3.28. The van der Waals surface area contributed by atoms with Gasteiger partial charge in [0.15, 0.2) is 6.29 Å². The summed E-state index contributed by atoms with van der Waals surface area (Å²) in [6, 6.07) is 18.7. The summed E-state index contributed by atoms with van der Waals surface area (Å²) in [7, 11) is 0. The van der Waals surface area contributed by atoms with Crippen LogP contribution in [0.1, 0.15) is 36.0 Å². The molecule has 0 spiro atoms. The minimum atomic E-state index is -0.0465. The zero-order chi connectivity index (χ0) is 15.2. The highest BCUT2D eigenvalue weighted by Crippen LogP contribution is 2.23. The summed E-state index contributed by atoms with van der Waals surface area (Å²) in [5.74, 6) is 0. The smallest absolute Gasteiger partial charge is 0.158 e. The molecule has 0 saturated carbocycles. The Labute approximate surface area is 132 Å². The molecule has 0 aliphatic carbocycles. The van der Waals surface area contributed by atoms with Crippen molar-refractivity contribution in [2.75, 3.05) is 6.61 Å². The molecule has 2 heteroatoms. The van der Waals surface area contributed by atoms with Gasteiger partial charge in [-0.25, -0.2) is 0 Å². The van der Waals surface area contributed by atoms with E-state index in [1.165, 1.54) is 6.42 Å². The fourth-order valence-electron chi connectivity index (χ4n) is 2.69. The molecule has 1 fully saturated rings. The van der Waals surface area contributed by atoms with Crippen molar-refractivity contribution in [3.8, 4) is 0 Å². The normalized spacial score (nSPS) is 18.1. The summed E-state index contributed by atoms with van der Waals surface area (Å²) in [5.41, 5.74) is 4.48. The first-order chi connectivity index (χ1) is 10.8. The molecule has 3 rings (SSSR count). The van der Waals surface area contributed by atoms with Crippen molar-refractivity contribution in [2.24, 2.45) is 0 Å². The van der Waals surface area contributed by atoms with E-state index in [-0.39, 0.29) is 6.29 Å². The molecule has 0 aromatic heterocycles. The molecule has 2 aromatic carbocycles. The van der Waals surface area contributed by atoms with Crippen LogP contribution in [0.4, 0.5) is 0 Å². The van der Waals surface area contributed by atoms with Crippen LogP contribution in [0.15, 0.2) is 61.2 Å². The van der Waals surface area contributed by atoms with Crippen LogP contribution in [0.5, 0.6) is 0 Å². The van der Waals surface area contributed by atoms with Gasteiger partial charge in [0.2, 0.25) is 0 Å². The predicted molar refractivity (Wildman–Crippen MR) is 89.4 cm³/mol. The largest absolute Gasteiger partial charge is 0.353 e. The van der Waals surface area contributed by atoms with Gasteiger partial charge in [0, 0.05) is 6.61 Å². The molecule has 1 heterocycles. The Kier molecular flexibility index (Phi) is 5.04. The van der Waals surface area contributed by atoms with Crippen molar-refractivity contribution >= 4 is 5.57 Å². The minimum absolute atomic E-state index is 0.0465. The molecule has 1 aliphatic heterocycles. The molecule has 2 aromatic rings. The molecule has 114 valence electrons. The highest BCUT2D eigenvalue weighted by atomic mass is 16.7. The lowest BCUT2D eigenvalue weighted by Crippen LogP contribution is -2.22. The van der Waals surface area contributed by atoms with Gasteiger partial charge in [0.25, 0.3) is 0 Å². The molecule has 0 radical (unpaired) electrons. The predicted octanol–water partition coefficient (Wildman–Crippen LogP) is 4.79. The fraction of sp³-hybridized carbons (Fsp3) is 0.300. The summed E-state index contributed by atoms with van der Waals surface area (Å²) >= 11 is 0. The zero-order valence-corrected chi connectivity index (χ0v) is 12.8. The third-order valence-electron chi connectivity index (χ3n) is 3.97. The van der Waals surface area contributed by atoms with Crippen molar-refractivity contribution in [2.45, 2.75) is 32.2 Å². The molecular formula is C20H22O2. The van der Waals surface area contributed by atoms with Gasteiger partial charge in [0.1, 0.15) is 0 Å². The summed E-state index contributed by atoms with van der Waals surface area (Å²) < 4.78 is 11.5. The molecule has 1 unspecified atom stereocenters. The van der Waals surface area contributed by atoms with Crippen LogP contribution in [0, 0.1) is 0 Å². The third kappa shape index (κ3) is 3.85. The quantitative estimate of drug-likeness (QED) is 0.789. The van der Waals surface area contributed by atoms with Gasteiger partial charge in [0.05, 0.1) is 6.61 Å². The van der Waals surface area contributed by atoms with Crippen molar-refractivity contribution in [1.29, 1.82) is 0 Å². The first-order valence-electron chi connectivity index (χ1n) is 7.90. The second-order valence-electron chi connectivity index (χ2n) is 5.65. The molecule has 1 aliphatic rings. The summed E-state index contributed by atoms with van der Waals surface area (Å²) in [6.45, 7) is 5.62. The SMILES string of the molecule is C=C(c1ccccc1)c1cccc(COC2CCCCO2)c1. The number of rotatable bonds is 5. The molecule has 22 heavy (non-hydrogen) atoms. The van der Waals surface area contributed by atoms with Gasteiger partial charge in [-0.2, -0.15) is 0 Å². The van der Waals surface area contributed by atoms with Gasteiger partial charge >= 0.3 is 0 Å². The molecule has 0 amide bonds. The molecule has 1 atom stereocenters. The topological polar surface area (TPSA) is 18.5 Å². The standard InChI is InChI=1S/C20H22O2/c1-16(18-9-3-2-4-10-18)19-11-7-8-17(14-19)15-22-20-12-5-6-13-21-20/h2-4,7-11,14,20H,1,5-6,12-13,15H2. The molecule has 2 nitrogen and oxygen atoms in total. The lowest BCUT2D eigenvalue weighted by atomic mass is 9.98. The Hall–Kier alpha value is -1.90. The maximum atomic E-state index is 5.86. The van der Waals surface area contributed by atoms with E-state index in [4.69, 9.17) is 9.47 Å². The van der Waals surface area contributed by atoms with Gasteiger partial charge in [-0.3, -0.25) is 0 Å². The lowest BCUT2D eigenvalue weighted by Gasteiger charge is -2.22. The second kappa shape index (κ2) is 7.39. The molecular weight excluding hydrogens is 272 g/mol. The van der Waals surface area contributed by atoms with Crippen LogP contribution in [-0.4, -0.2) is 12.9 Å². The Balaban J connectivity index is 1.66. The number of benzene rings is 2. The average molecular weight is 294 g/mol. The van der Waals surface area contributed by atoms with E-state index in [0.717, 1.165) is 41.7 Å².